The predicted octanol–water partition coefficient (Wildman–Crippen LogP) is 3.14. The number of hydrogen-bond donors (Lipinski definition) is 1. The van der Waals surface area contributed by atoms with Gasteiger partial charge in [-0.2, -0.15) is 0 Å². The minimum atomic E-state index is -1.14. The first kappa shape index (κ1) is 15.9. The van der Waals surface area contributed by atoms with Crippen LogP contribution in [-0.4, -0.2) is 22.8 Å². The van der Waals surface area contributed by atoms with Crippen molar-refractivity contribution in [3.8, 4) is 0 Å². The lowest BCUT2D eigenvalue weighted by Crippen LogP contribution is -2.49. The minimum Gasteiger partial charge on any atom is -0.381 e. The zero-order valence-corrected chi connectivity index (χ0v) is 13.3. The first-order chi connectivity index (χ1) is 9.73. The molecule has 21 heavy (non-hydrogen) atoms. The summed E-state index contributed by atoms with van der Waals surface area (Å²) in [7, 11) is 0. The summed E-state index contributed by atoms with van der Waals surface area (Å²) in [6.45, 7) is 7.52. The first-order valence-corrected chi connectivity index (χ1v) is 7.51. The topological polar surface area (TPSA) is 54.4 Å². The Morgan fingerprint density at radius 3 is 2.48 bits per heavy atom. The standard InChI is InChI=1S/C18H24O3/c1-12(8-10-19)7-9-18(21)13(2)16(14-5-6-14)15(20)11-17(18,3)4/h7-10,14,21H,5-6,11H2,1-4H3. The van der Waals surface area contributed by atoms with E-state index >= 15 is 0 Å². The Balaban J connectivity index is 2.48. The fraction of sp³-hybridized carbons (Fsp3) is 0.556. The molecular formula is C18H24O3. The second-order valence-electron chi connectivity index (χ2n) is 6.94. The van der Waals surface area contributed by atoms with Crippen LogP contribution in [0.25, 0.3) is 0 Å². The Morgan fingerprint density at radius 1 is 1.33 bits per heavy atom. The van der Waals surface area contributed by atoms with Crippen molar-refractivity contribution in [3.05, 3.63) is 34.9 Å². The number of aliphatic hydroxyl groups is 1. The molecule has 114 valence electrons. The smallest absolute Gasteiger partial charge is 0.159 e. The van der Waals surface area contributed by atoms with Crippen LogP contribution in [0.3, 0.4) is 0 Å². The molecule has 2 aliphatic rings. The van der Waals surface area contributed by atoms with Gasteiger partial charge in [-0.15, -0.1) is 0 Å². The quantitative estimate of drug-likeness (QED) is 0.491. The van der Waals surface area contributed by atoms with E-state index < -0.39 is 11.0 Å². The molecule has 1 fully saturated rings. The van der Waals surface area contributed by atoms with Crippen LogP contribution in [0, 0.1) is 11.3 Å². The van der Waals surface area contributed by atoms with Crippen LogP contribution in [-0.2, 0) is 9.59 Å². The molecule has 0 spiro atoms. The Bertz CT molecular complexity index is 559. The summed E-state index contributed by atoms with van der Waals surface area (Å²) in [5.41, 5.74) is 0.702. The van der Waals surface area contributed by atoms with Gasteiger partial charge in [0.2, 0.25) is 0 Å². The average Bonchev–Trinajstić information content (AvgIpc) is 3.18. The van der Waals surface area contributed by atoms with Crippen LogP contribution in [0.15, 0.2) is 34.9 Å². The molecule has 3 nitrogen and oxygen atoms in total. The molecule has 1 N–H and O–H groups in total. The van der Waals surface area contributed by atoms with E-state index in [2.05, 4.69) is 0 Å². The van der Waals surface area contributed by atoms with Crippen LogP contribution >= 0.6 is 0 Å². The van der Waals surface area contributed by atoms with Crippen LogP contribution < -0.4 is 0 Å². The summed E-state index contributed by atoms with van der Waals surface area (Å²) in [6, 6.07) is 0. The largest absolute Gasteiger partial charge is 0.381 e. The number of carbonyl (C=O) groups is 2. The summed E-state index contributed by atoms with van der Waals surface area (Å²) in [6.07, 6.45) is 8.14. The SMILES string of the molecule is CC(C=CC1(O)C(C)=C(C2CC2)C(=O)CC1(C)C)=CC=O. The number of aldehydes is 1. The number of carbonyl (C=O) groups excluding carboxylic acids is 2. The van der Waals surface area contributed by atoms with Gasteiger partial charge in [0, 0.05) is 17.4 Å². The van der Waals surface area contributed by atoms with Crippen molar-refractivity contribution in [1.29, 1.82) is 0 Å². The van der Waals surface area contributed by atoms with Gasteiger partial charge in [-0.3, -0.25) is 9.59 Å². The molecular weight excluding hydrogens is 264 g/mol. The van der Waals surface area contributed by atoms with Gasteiger partial charge in [-0.1, -0.05) is 19.9 Å². The molecule has 0 bridgehead atoms. The third kappa shape index (κ3) is 2.80. The fourth-order valence-electron chi connectivity index (χ4n) is 3.22. The summed E-state index contributed by atoms with van der Waals surface area (Å²) < 4.78 is 0. The van der Waals surface area contributed by atoms with E-state index in [9.17, 15) is 14.7 Å². The Kier molecular flexibility index (Phi) is 4.07. The van der Waals surface area contributed by atoms with Gasteiger partial charge >= 0.3 is 0 Å². The second kappa shape index (κ2) is 5.38. The average molecular weight is 288 g/mol. The highest BCUT2D eigenvalue weighted by atomic mass is 16.3. The number of ketones is 1. The van der Waals surface area contributed by atoms with Crippen molar-refractivity contribution in [2.24, 2.45) is 11.3 Å². The van der Waals surface area contributed by atoms with Crippen LogP contribution in [0.4, 0.5) is 0 Å². The minimum absolute atomic E-state index is 0.179. The van der Waals surface area contributed by atoms with Gasteiger partial charge in [-0.25, -0.2) is 0 Å². The third-order valence-corrected chi connectivity index (χ3v) is 4.81. The van der Waals surface area contributed by atoms with Crippen molar-refractivity contribution >= 4 is 12.1 Å². The van der Waals surface area contributed by atoms with Crippen LogP contribution in [0.5, 0.6) is 0 Å². The second-order valence-corrected chi connectivity index (χ2v) is 6.94. The summed E-state index contributed by atoms with van der Waals surface area (Å²) >= 11 is 0. The predicted molar refractivity (Wildman–Crippen MR) is 82.7 cm³/mol. The van der Waals surface area contributed by atoms with Crippen molar-refractivity contribution in [2.45, 2.75) is 52.6 Å². The summed E-state index contributed by atoms with van der Waals surface area (Å²) in [5, 5.41) is 11.2. The Hall–Kier alpha value is -1.48. The highest BCUT2D eigenvalue weighted by Crippen LogP contribution is 2.51. The monoisotopic (exact) mass is 288 g/mol. The number of hydrogen-bond acceptors (Lipinski definition) is 3. The molecule has 1 atom stereocenters. The van der Waals surface area contributed by atoms with E-state index in [1.54, 1.807) is 12.2 Å². The fourth-order valence-corrected chi connectivity index (χ4v) is 3.22. The zero-order chi connectivity index (χ0) is 15.8. The number of allylic oxidation sites excluding steroid dienone is 4. The molecule has 0 aromatic rings. The molecule has 0 saturated heterocycles. The third-order valence-electron chi connectivity index (χ3n) is 4.81. The molecule has 0 radical (unpaired) electrons. The van der Waals surface area contributed by atoms with E-state index in [1.807, 2.05) is 27.7 Å². The van der Waals surface area contributed by atoms with Crippen LogP contribution in [0.1, 0.15) is 47.0 Å². The molecule has 0 aromatic heterocycles. The first-order valence-electron chi connectivity index (χ1n) is 7.51. The summed E-state index contributed by atoms with van der Waals surface area (Å²) in [4.78, 5) is 22.9. The summed E-state index contributed by atoms with van der Waals surface area (Å²) in [5.74, 6) is 0.512. The van der Waals surface area contributed by atoms with E-state index in [4.69, 9.17) is 0 Å². The Morgan fingerprint density at radius 2 is 1.95 bits per heavy atom. The van der Waals surface area contributed by atoms with Gasteiger partial charge < -0.3 is 5.11 Å². The number of rotatable bonds is 4. The lowest BCUT2D eigenvalue weighted by atomic mass is 9.62. The molecule has 0 aromatic carbocycles. The maximum atomic E-state index is 12.4. The molecule has 1 saturated carbocycles. The van der Waals surface area contributed by atoms with Gasteiger partial charge in [0.15, 0.2) is 5.78 Å². The van der Waals surface area contributed by atoms with Crippen molar-refractivity contribution in [1.82, 2.24) is 0 Å². The van der Waals surface area contributed by atoms with E-state index in [-0.39, 0.29) is 5.78 Å². The Labute approximate surface area is 126 Å². The van der Waals surface area contributed by atoms with E-state index in [0.717, 1.165) is 35.8 Å². The molecule has 1 unspecified atom stereocenters. The molecule has 2 rings (SSSR count). The zero-order valence-electron chi connectivity index (χ0n) is 13.3. The maximum absolute atomic E-state index is 12.4. The van der Waals surface area contributed by atoms with E-state index in [0.29, 0.717) is 12.3 Å². The molecule has 0 amide bonds. The van der Waals surface area contributed by atoms with Gasteiger partial charge in [0.25, 0.3) is 0 Å². The molecule has 0 aliphatic heterocycles. The van der Waals surface area contributed by atoms with Crippen molar-refractivity contribution < 1.29 is 14.7 Å². The van der Waals surface area contributed by atoms with Crippen molar-refractivity contribution in [2.75, 3.05) is 0 Å². The molecule has 0 heterocycles. The van der Waals surface area contributed by atoms with Crippen LogP contribution in [0.2, 0.25) is 0 Å². The maximum Gasteiger partial charge on any atom is 0.159 e. The highest BCUT2D eigenvalue weighted by molar-refractivity contribution is 5.99. The molecule has 2 aliphatic carbocycles. The highest BCUT2D eigenvalue weighted by Gasteiger charge is 2.51. The van der Waals surface area contributed by atoms with Gasteiger partial charge in [0.05, 0.1) is 0 Å². The lowest BCUT2D eigenvalue weighted by Gasteiger charge is -2.46. The lowest BCUT2D eigenvalue weighted by molar-refractivity contribution is -0.123. The van der Waals surface area contributed by atoms with Gasteiger partial charge in [0.1, 0.15) is 11.9 Å². The van der Waals surface area contributed by atoms with E-state index in [1.165, 1.54) is 6.08 Å². The molecule has 3 heteroatoms. The number of Topliss-reactive ketones (excluding diaryl/α,β-unsaturated/α-hetero) is 1. The van der Waals surface area contributed by atoms with Crippen molar-refractivity contribution in [3.63, 3.8) is 0 Å². The normalized spacial score (nSPS) is 30.1. The van der Waals surface area contributed by atoms with Gasteiger partial charge in [-0.05, 0) is 55.9 Å².